The molecule has 0 aliphatic carbocycles. The molecule has 0 unspecified atom stereocenters. The molecular weight excluding hydrogens is 408 g/mol. The van der Waals surface area contributed by atoms with E-state index in [0.717, 1.165) is 0 Å². The molecule has 0 N–H and O–H groups in total. The van der Waals surface area contributed by atoms with Crippen molar-refractivity contribution < 1.29 is 28.6 Å². The summed E-state index contributed by atoms with van der Waals surface area (Å²) in [5, 5.41) is 0.554. The summed E-state index contributed by atoms with van der Waals surface area (Å²) in [5.41, 5.74) is 1.42. The summed E-state index contributed by atoms with van der Waals surface area (Å²) in [5.74, 6) is 0.0782. The number of hydrogen-bond donors (Lipinski definition) is 0. The summed E-state index contributed by atoms with van der Waals surface area (Å²) in [7, 11) is 1.46. The Kier molecular flexibility index (Phi) is 6.50. The number of amidine groups is 1. The Hall–Kier alpha value is -2.81. The fourth-order valence-electron chi connectivity index (χ4n) is 3.34. The summed E-state index contributed by atoms with van der Waals surface area (Å²) in [4.78, 5) is 43.2. The van der Waals surface area contributed by atoms with Gasteiger partial charge < -0.3 is 14.2 Å². The molecule has 9 heteroatoms. The molecule has 0 aromatic heterocycles. The molecule has 0 bridgehead atoms. The zero-order valence-electron chi connectivity index (χ0n) is 17.6. The van der Waals surface area contributed by atoms with Crippen LogP contribution in [0.5, 0.6) is 11.5 Å². The van der Waals surface area contributed by atoms with Crippen molar-refractivity contribution in [3.8, 4) is 11.5 Å². The summed E-state index contributed by atoms with van der Waals surface area (Å²) >= 11 is 1.47. The fraction of sp³-hybridized carbons (Fsp3) is 0.429. The van der Waals surface area contributed by atoms with Gasteiger partial charge >= 0.3 is 11.9 Å². The maximum Gasteiger partial charge on any atom is 0.338 e. The van der Waals surface area contributed by atoms with Gasteiger partial charge in [0.1, 0.15) is 0 Å². The molecule has 30 heavy (non-hydrogen) atoms. The minimum atomic E-state index is -0.718. The average molecular weight is 432 g/mol. The molecule has 2 aliphatic heterocycles. The fourth-order valence-corrected chi connectivity index (χ4v) is 4.35. The molecule has 0 spiro atoms. The van der Waals surface area contributed by atoms with Crippen molar-refractivity contribution in [3.63, 3.8) is 0 Å². The molecule has 1 saturated heterocycles. The van der Waals surface area contributed by atoms with Crippen LogP contribution >= 0.6 is 11.8 Å². The van der Waals surface area contributed by atoms with Crippen molar-refractivity contribution in [3.05, 3.63) is 35.0 Å². The SMILES string of the molecule is COc1cc([C@@H]2C(C(=O)OC(C)C)=C(C)N=C3SCCC(=O)N32)ccc1OC(C)=O. The predicted octanol–water partition coefficient (Wildman–Crippen LogP) is 3.22. The van der Waals surface area contributed by atoms with Crippen LogP contribution in [0.2, 0.25) is 0 Å². The van der Waals surface area contributed by atoms with Gasteiger partial charge in [-0.05, 0) is 38.5 Å². The number of thioether (sulfide) groups is 1. The number of fused-ring (bicyclic) bond motifs is 1. The zero-order valence-corrected chi connectivity index (χ0v) is 18.4. The van der Waals surface area contributed by atoms with Gasteiger partial charge in [0.15, 0.2) is 16.7 Å². The molecule has 8 nitrogen and oxygen atoms in total. The van der Waals surface area contributed by atoms with Crippen molar-refractivity contribution in [2.24, 2.45) is 4.99 Å². The highest BCUT2D eigenvalue weighted by Crippen LogP contribution is 2.42. The third-order valence-corrected chi connectivity index (χ3v) is 5.48. The molecule has 1 amide bonds. The molecule has 0 saturated carbocycles. The first-order valence-corrected chi connectivity index (χ1v) is 10.5. The van der Waals surface area contributed by atoms with E-state index in [2.05, 4.69) is 4.99 Å². The third-order valence-electron chi connectivity index (χ3n) is 4.53. The quantitative estimate of drug-likeness (QED) is 0.521. The number of hydrogen-bond acceptors (Lipinski definition) is 8. The van der Waals surface area contributed by atoms with Crippen LogP contribution in [0.1, 0.15) is 45.7 Å². The summed E-state index contributed by atoms with van der Waals surface area (Å²) in [6.45, 7) is 6.56. The van der Waals surface area contributed by atoms with Gasteiger partial charge in [-0.2, -0.15) is 0 Å². The third kappa shape index (κ3) is 4.35. The van der Waals surface area contributed by atoms with Crippen molar-refractivity contribution >= 4 is 34.8 Å². The number of ether oxygens (including phenoxy) is 3. The largest absolute Gasteiger partial charge is 0.493 e. The van der Waals surface area contributed by atoms with Gasteiger partial charge in [-0.25, -0.2) is 9.79 Å². The van der Waals surface area contributed by atoms with Gasteiger partial charge in [0.05, 0.1) is 30.5 Å². The van der Waals surface area contributed by atoms with Gasteiger partial charge in [-0.15, -0.1) is 0 Å². The summed E-state index contributed by atoms with van der Waals surface area (Å²) in [6.07, 6.45) is 0.0187. The van der Waals surface area contributed by atoms with E-state index in [9.17, 15) is 14.4 Å². The minimum absolute atomic E-state index is 0.122. The second kappa shape index (κ2) is 8.91. The zero-order chi connectivity index (χ0) is 22.0. The molecular formula is C21H24N2O6S. The Morgan fingerprint density at radius 2 is 2.00 bits per heavy atom. The highest BCUT2D eigenvalue weighted by molar-refractivity contribution is 8.14. The lowest BCUT2D eigenvalue weighted by Gasteiger charge is -2.39. The molecule has 160 valence electrons. The normalized spacial score (nSPS) is 18.7. The number of carbonyl (C=O) groups is 3. The monoisotopic (exact) mass is 432 g/mol. The maximum absolute atomic E-state index is 13.0. The number of rotatable bonds is 5. The number of methoxy groups -OCH3 is 1. The first-order valence-electron chi connectivity index (χ1n) is 9.54. The number of benzene rings is 1. The van der Waals surface area contributed by atoms with E-state index in [1.54, 1.807) is 43.9 Å². The van der Waals surface area contributed by atoms with Crippen LogP contribution in [0, 0.1) is 0 Å². The van der Waals surface area contributed by atoms with Crippen LogP contribution in [0.4, 0.5) is 0 Å². The van der Waals surface area contributed by atoms with E-state index in [4.69, 9.17) is 14.2 Å². The molecule has 1 aromatic rings. The van der Waals surface area contributed by atoms with E-state index in [1.165, 1.54) is 25.8 Å². The van der Waals surface area contributed by atoms with Crippen LogP contribution in [-0.4, -0.2) is 46.9 Å². The topological polar surface area (TPSA) is 94.5 Å². The van der Waals surface area contributed by atoms with Gasteiger partial charge in [0.2, 0.25) is 5.91 Å². The number of allylic oxidation sites excluding steroid dienone is 1. The molecule has 2 aliphatic rings. The first kappa shape index (κ1) is 21.9. The van der Waals surface area contributed by atoms with Crippen LogP contribution in [0.3, 0.4) is 0 Å². The average Bonchev–Trinajstić information content (AvgIpc) is 2.66. The second-order valence-corrected chi connectivity index (χ2v) is 8.18. The lowest BCUT2D eigenvalue weighted by atomic mass is 9.93. The van der Waals surface area contributed by atoms with Crippen molar-refractivity contribution in [1.29, 1.82) is 0 Å². The molecule has 1 aromatic carbocycles. The lowest BCUT2D eigenvalue weighted by molar-refractivity contribution is -0.143. The highest BCUT2D eigenvalue weighted by Gasteiger charge is 2.42. The van der Waals surface area contributed by atoms with E-state index in [-0.39, 0.29) is 17.8 Å². The number of amides is 1. The van der Waals surface area contributed by atoms with Gasteiger partial charge in [0.25, 0.3) is 0 Å². The van der Waals surface area contributed by atoms with Crippen molar-refractivity contribution in [2.45, 2.75) is 46.3 Å². The molecule has 1 fully saturated rings. The Morgan fingerprint density at radius 1 is 1.27 bits per heavy atom. The van der Waals surface area contributed by atoms with Gasteiger partial charge in [-0.3, -0.25) is 14.5 Å². The standard InChI is InChI=1S/C21H24N2O6S/c1-11(2)28-20(26)18-12(3)22-21-23(17(25)8-9-30-21)19(18)14-6-7-15(29-13(4)24)16(10-14)27-5/h6-7,10-11,19H,8-9H2,1-5H3/t19-/m1/s1. The first-order chi connectivity index (χ1) is 14.2. The van der Waals surface area contributed by atoms with E-state index in [0.29, 0.717) is 39.9 Å². The maximum atomic E-state index is 13.0. The molecule has 2 heterocycles. The van der Waals surface area contributed by atoms with Gasteiger partial charge in [0, 0.05) is 19.1 Å². The number of nitrogens with zero attached hydrogens (tertiary/aromatic N) is 2. The summed E-state index contributed by atoms with van der Waals surface area (Å²) in [6, 6.07) is 4.23. The highest BCUT2D eigenvalue weighted by atomic mass is 32.2. The van der Waals surface area contributed by atoms with E-state index >= 15 is 0 Å². The number of aliphatic imine (C=N–C) groups is 1. The Morgan fingerprint density at radius 3 is 2.63 bits per heavy atom. The van der Waals surface area contributed by atoms with Crippen LogP contribution in [-0.2, 0) is 19.1 Å². The smallest absolute Gasteiger partial charge is 0.338 e. The van der Waals surface area contributed by atoms with Crippen molar-refractivity contribution in [1.82, 2.24) is 4.90 Å². The number of esters is 2. The Bertz CT molecular complexity index is 953. The molecule has 1 atom stereocenters. The van der Waals surface area contributed by atoms with E-state index in [1.807, 2.05) is 0 Å². The Balaban J connectivity index is 2.14. The molecule has 3 rings (SSSR count). The van der Waals surface area contributed by atoms with Crippen LogP contribution in [0.15, 0.2) is 34.5 Å². The van der Waals surface area contributed by atoms with Crippen molar-refractivity contribution in [2.75, 3.05) is 12.9 Å². The molecule has 0 radical (unpaired) electrons. The van der Waals surface area contributed by atoms with Crippen LogP contribution < -0.4 is 9.47 Å². The lowest BCUT2D eigenvalue weighted by Crippen LogP contribution is -2.46. The Labute approximate surface area is 179 Å². The van der Waals surface area contributed by atoms with Gasteiger partial charge in [-0.1, -0.05) is 17.8 Å². The van der Waals surface area contributed by atoms with E-state index < -0.39 is 18.0 Å². The number of carbonyl (C=O) groups excluding carboxylic acids is 3. The summed E-state index contributed by atoms with van der Waals surface area (Å²) < 4.78 is 16.0. The minimum Gasteiger partial charge on any atom is -0.493 e. The predicted molar refractivity (Wildman–Crippen MR) is 112 cm³/mol. The van der Waals surface area contributed by atoms with Crippen LogP contribution in [0.25, 0.3) is 0 Å². The second-order valence-electron chi connectivity index (χ2n) is 7.12.